The predicted octanol–water partition coefficient (Wildman–Crippen LogP) is 4.13. The Bertz CT molecular complexity index is 823. The van der Waals surface area contributed by atoms with Crippen molar-refractivity contribution in [2.45, 2.75) is 57.8 Å². The van der Waals surface area contributed by atoms with E-state index >= 15 is 0 Å². The van der Waals surface area contributed by atoms with E-state index in [-0.39, 0.29) is 24.2 Å². The van der Waals surface area contributed by atoms with Crippen LogP contribution < -0.4 is 5.32 Å². The number of halogens is 1. The van der Waals surface area contributed by atoms with Gasteiger partial charge in [-0.1, -0.05) is 26.2 Å². The highest BCUT2D eigenvalue weighted by Crippen LogP contribution is 2.33. The molecular weight excluding hydrogens is 396 g/mol. The summed E-state index contributed by atoms with van der Waals surface area (Å²) in [5, 5.41) is 12.6. The predicted molar refractivity (Wildman–Crippen MR) is 112 cm³/mol. The van der Waals surface area contributed by atoms with Crippen LogP contribution in [-0.4, -0.2) is 45.1 Å². The lowest BCUT2D eigenvalue weighted by molar-refractivity contribution is -0.0204. The van der Waals surface area contributed by atoms with Crippen LogP contribution >= 0.6 is 11.6 Å². The largest absolute Gasteiger partial charge is 0.449 e. The maximum Gasteiger partial charge on any atom is 0.412 e. The first-order chi connectivity index (χ1) is 14.1. The second-order valence-corrected chi connectivity index (χ2v) is 6.93. The van der Waals surface area contributed by atoms with Gasteiger partial charge in [0.25, 0.3) is 0 Å². The van der Waals surface area contributed by atoms with Gasteiger partial charge in [-0.05, 0) is 36.9 Å². The molecule has 2 N–H and O–H groups in total. The van der Waals surface area contributed by atoms with E-state index in [0.717, 1.165) is 38.5 Å². The number of carbonyl (C=O) groups excluding carboxylic acids is 1. The molecular formula is C20H27ClN4O4. The first-order valence-corrected chi connectivity index (χ1v) is 10.1. The van der Waals surface area contributed by atoms with E-state index in [1.165, 1.54) is 0 Å². The lowest BCUT2D eigenvalue weighted by atomic mass is 10.2. The number of nitrogens with zero attached hydrogens (tertiary/aromatic N) is 3. The normalized spacial score (nSPS) is 18.2. The lowest BCUT2D eigenvalue weighted by Gasteiger charge is -2.15. The van der Waals surface area contributed by atoms with Crippen molar-refractivity contribution in [1.29, 1.82) is 0 Å². The van der Waals surface area contributed by atoms with Crippen molar-refractivity contribution in [1.82, 2.24) is 14.5 Å². The minimum atomic E-state index is -0.562. The molecule has 29 heavy (non-hydrogen) atoms. The number of nitrogens with one attached hydrogen (secondary N) is 1. The molecule has 0 aliphatic carbocycles. The molecule has 0 bridgehead atoms. The molecule has 0 aromatic carbocycles. The fraction of sp³-hybridized carbons (Fsp3) is 0.550. The number of aliphatic hydroxyl groups is 1. The third-order valence-corrected chi connectivity index (χ3v) is 4.76. The molecule has 0 radical (unpaired) electrons. The van der Waals surface area contributed by atoms with Crippen molar-refractivity contribution in [3.8, 4) is 12.8 Å². The SMILES string of the molecule is C#C.CCCCCCOC(=O)Nc1nc(Cl)nc2c1ccn2[C@H]1CC[C@@H](CO)O1. The van der Waals surface area contributed by atoms with Gasteiger partial charge in [-0.2, -0.15) is 9.97 Å². The number of anilines is 1. The van der Waals surface area contributed by atoms with Gasteiger partial charge in [0.05, 0.1) is 24.7 Å². The summed E-state index contributed by atoms with van der Waals surface area (Å²) >= 11 is 6.05. The molecule has 1 amide bonds. The zero-order chi connectivity index (χ0) is 21.2. The van der Waals surface area contributed by atoms with Gasteiger partial charge < -0.3 is 19.1 Å². The molecule has 2 aromatic heterocycles. The summed E-state index contributed by atoms with van der Waals surface area (Å²) in [6.07, 6.45) is 14.5. The molecule has 0 saturated carbocycles. The van der Waals surface area contributed by atoms with Crippen LogP contribution in [0.25, 0.3) is 11.0 Å². The van der Waals surface area contributed by atoms with Crippen molar-refractivity contribution < 1.29 is 19.4 Å². The Morgan fingerprint density at radius 3 is 2.86 bits per heavy atom. The van der Waals surface area contributed by atoms with Crippen molar-refractivity contribution in [2.75, 3.05) is 18.5 Å². The minimum Gasteiger partial charge on any atom is -0.449 e. The Hall–Kier alpha value is -2.34. The molecule has 1 saturated heterocycles. The summed E-state index contributed by atoms with van der Waals surface area (Å²) in [6, 6.07) is 1.80. The molecule has 9 heteroatoms. The number of aromatic nitrogens is 3. The van der Waals surface area contributed by atoms with E-state index < -0.39 is 6.09 Å². The molecule has 3 heterocycles. The molecule has 1 aliphatic rings. The Morgan fingerprint density at radius 1 is 1.38 bits per heavy atom. The van der Waals surface area contributed by atoms with Crippen LogP contribution in [0.4, 0.5) is 10.6 Å². The van der Waals surface area contributed by atoms with Crippen LogP contribution in [0.5, 0.6) is 0 Å². The topological polar surface area (TPSA) is 98.5 Å². The van der Waals surface area contributed by atoms with E-state index in [1.807, 2.05) is 10.8 Å². The zero-order valence-electron chi connectivity index (χ0n) is 16.5. The molecule has 2 atom stereocenters. The van der Waals surface area contributed by atoms with Crippen LogP contribution in [-0.2, 0) is 9.47 Å². The van der Waals surface area contributed by atoms with Crippen LogP contribution in [0, 0.1) is 12.8 Å². The molecule has 158 valence electrons. The van der Waals surface area contributed by atoms with E-state index in [4.69, 9.17) is 21.1 Å². The molecule has 8 nitrogen and oxygen atoms in total. The van der Waals surface area contributed by atoms with Gasteiger partial charge in [0.2, 0.25) is 5.28 Å². The number of rotatable bonds is 8. The number of hydrogen-bond acceptors (Lipinski definition) is 6. The first-order valence-electron chi connectivity index (χ1n) is 9.70. The quantitative estimate of drug-likeness (QED) is 0.377. The molecule has 0 unspecified atom stereocenters. The van der Waals surface area contributed by atoms with Crippen LogP contribution in [0.3, 0.4) is 0 Å². The van der Waals surface area contributed by atoms with Crippen molar-refractivity contribution >= 4 is 34.5 Å². The Kier molecular flexibility index (Phi) is 9.19. The van der Waals surface area contributed by atoms with Crippen LogP contribution in [0.1, 0.15) is 51.7 Å². The van der Waals surface area contributed by atoms with Crippen LogP contribution in [0.2, 0.25) is 5.28 Å². The average Bonchev–Trinajstić information content (AvgIpc) is 3.36. The smallest absolute Gasteiger partial charge is 0.412 e. The number of ether oxygens (including phenoxy) is 2. The summed E-state index contributed by atoms with van der Waals surface area (Å²) in [4.78, 5) is 20.4. The van der Waals surface area contributed by atoms with E-state index in [0.29, 0.717) is 23.5 Å². The highest BCUT2D eigenvalue weighted by molar-refractivity contribution is 6.28. The highest BCUT2D eigenvalue weighted by Gasteiger charge is 2.27. The minimum absolute atomic E-state index is 0.0116. The fourth-order valence-corrected chi connectivity index (χ4v) is 3.35. The second kappa shape index (κ2) is 11.6. The summed E-state index contributed by atoms with van der Waals surface area (Å²) in [5.74, 6) is 0.305. The maximum absolute atomic E-state index is 12.0. The highest BCUT2D eigenvalue weighted by atomic mass is 35.5. The van der Waals surface area contributed by atoms with E-state index in [9.17, 15) is 9.90 Å². The van der Waals surface area contributed by atoms with Gasteiger partial charge >= 0.3 is 6.09 Å². The van der Waals surface area contributed by atoms with Gasteiger partial charge in [0.15, 0.2) is 0 Å². The summed E-state index contributed by atoms with van der Waals surface area (Å²) in [5.41, 5.74) is 0.567. The third-order valence-electron chi connectivity index (χ3n) is 4.60. The van der Waals surface area contributed by atoms with Gasteiger partial charge in [0.1, 0.15) is 17.7 Å². The number of aliphatic hydroxyl groups excluding tert-OH is 1. The van der Waals surface area contributed by atoms with Gasteiger partial charge in [-0.25, -0.2) is 4.79 Å². The monoisotopic (exact) mass is 422 g/mol. The molecule has 2 aromatic rings. The molecule has 1 fully saturated rings. The summed E-state index contributed by atoms with van der Waals surface area (Å²) in [6.45, 7) is 2.49. The van der Waals surface area contributed by atoms with Crippen molar-refractivity contribution in [3.05, 3.63) is 17.5 Å². The maximum atomic E-state index is 12.0. The first kappa shape index (κ1) is 22.9. The fourth-order valence-electron chi connectivity index (χ4n) is 3.19. The Morgan fingerprint density at radius 2 is 2.17 bits per heavy atom. The van der Waals surface area contributed by atoms with Gasteiger partial charge in [0, 0.05) is 6.20 Å². The number of hydrogen-bond donors (Lipinski definition) is 2. The zero-order valence-corrected chi connectivity index (χ0v) is 17.3. The van der Waals surface area contributed by atoms with Gasteiger partial charge in [-0.15, -0.1) is 12.8 Å². The Labute approximate surface area is 175 Å². The Balaban J connectivity index is 0.00000145. The number of fused-ring (bicyclic) bond motifs is 1. The summed E-state index contributed by atoms with van der Waals surface area (Å²) < 4.78 is 12.9. The summed E-state index contributed by atoms with van der Waals surface area (Å²) in [7, 11) is 0. The van der Waals surface area contributed by atoms with Gasteiger partial charge in [-0.3, -0.25) is 5.32 Å². The standard InChI is InChI=1S/C18H25ClN4O4.C2H2/c1-2-3-4-5-10-26-18(25)21-15-13-8-9-23(16(13)22-17(19)20-15)14-7-6-12(11-24)27-14;1-2/h8-9,12,14,24H,2-7,10-11H2,1H3,(H,20,21,22,25);1-2H/t12-,14+;/m0./s1. The number of amides is 1. The van der Waals surface area contributed by atoms with E-state index in [2.05, 4.69) is 35.1 Å². The second-order valence-electron chi connectivity index (χ2n) is 6.60. The van der Waals surface area contributed by atoms with E-state index in [1.54, 1.807) is 6.07 Å². The lowest BCUT2D eigenvalue weighted by Crippen LogP contribution is -2.16. The van der Waals surface area contributed by atoms with Crippen molar-refractivity contribution in [2.24, 2.45) is 0 Å². The average molecular weight is 423 g/mol. The number of terminal acetylenes is 1. The molecule has 1 aliphatic heterocycles. The molecule has 3 rings (SSSR count). The number of carbonyl (C=O) groups is 1. The molecule has 0 spiro atoms. The third kappa shape index (κ3) is 6.07. The number of unbranched alkanes of at least 4 members (excludes halogenated alkanes) is 3. The van der Waals surface area contributed by atoms with Crippen LogP contribution in [0.15, 0.2) is 12.3 Å². The van der Waals surface area contributed by atoms with Crippen molar-refractivity contribution in [3.63, 3.8) is 0 Å².